The van der Waals surface area contributed by atoms with E-state index < -0.39 is 28.5 Å². The maximum Gasteiger partial charge on any atom is 0.264 e. The average Bonchev–Trinajstić information content (AvgIpc) is 3.06. The van der Waals surface area contributed by atoms with Gasteiger partial charge in [-0.25, -0.2) is 8.42 Å². The van der Waals surface area contributed by atoms with Crippen LogP contribution in [0.3, 0.4) is 0 Å². The molecule has 4 aromatic carbocycles. The molecule has 2 amide bonds. The summed E-state index contributed by atoms with van der Waals surface area (Å²) in [5, 5.41) is 3.58. The maximum absolute atomic E-state index is 14.7. The number of nitrogens with zero attached hydrogens (tertiary/aromatic N) is 2. The molecule has 1 saturated carbocycles. The molecular weight excluding hydrogens is 630 g/mol. The molecular formula is C38H42ClN3O4S. The van der Waals surface area contributed by atoms with E-state index in [4.69, 9.17) is 11.6 Å². The lowest BCUT2D eigenvalue weighted by Gasteiger charge is -2.35. The van der Waals surface area contributed by atoms with Gasteiger partial charge < -0.3 is 10.2 Å². The lowest BCUT2D eigenvalue weighted by Crippen LogP contribution is -2.55. The van der Waals surface area contributed by atoms with E-state index in [2.05, 4.69) is 5.32 Å². The molecule has 0 bridgehead atoms. The number of sulfonamides is 1. The van der Waals surface area contributed by atoms with Crippen molar-refractivity contribution >= 4 is 39.1 Å². The molecule has 1 fully saturated rings. The van der Waals surface area contributed by atoms with Gasteiger partial charge in [0.2, 0.25) is 11.8 Å². The molecule has 0 spiro atoms. The Labute approximate surface area is 283 Å². The van der Waals surface area contributed by atoms with Gasteiger partial charge >= 0.3 is 0 Å². The first kappa shape index (κ1) is 34.2. The van der Waals surface area contributed by atoms with Crippen molar-refractivity contribution in [2.24, 2.45) is 0 Å². The molecule has 0 heterocycles. The number of anilines is 1. The summed E-state index contributed by atoms with van der Waals surface area (Å²) in [6, 6.07) is 29.5. The van der Waals surface area contributed by atoms with Gasteiger partial charge in [-0.1, -0.05) is 115 Å². The number of rotatable bonds is 12. The average molecular weight is 672 g/mol. The van der Waals surface area contributed by atoms with Crippen molar-refractivity contribution in [3.05, 3.63) is 130 Å². The van der Waals surface area contributed by atoms with Gasteiger partial charge in [0.05, 0.1) is 10.6 Å². The van der Waals surface area contributed by atoms with Crippen LogP contribution in [0.4, 0.5) is 5.69 Å². The Kier molecular flexibility index (Phi) is 11.4. The summed E-state index contributed by atoms with van der Waals surface area (Å²) in [6.07, 6.45) is 5.31. The van der Waals surface area contributed by atoms with E-state index in [0.717, 1.165) is 58.7 Å². The second kappa shape index (κ2) is 15.6. The molecule has 246 valence electrons. The van der Waals surface area contributed by atoms with Gasteiger partial charge in [-0.15, -0.1) is 0 Å². The van der Waals surface area contributed by atoms with E-state index in [0.29, 0.717) is 5.02 Å². The largest absolute Gasteiger partial charge is 0.352 e. The molecule has 47 heavy (non-hydrogen) atoms. The van der Waals surface area contributed by atoms with Gasteiger partial charge in [0.1, 0.15) is 12.6 Å². The number of aryl methyl sites for hydroxylation is 2. The monoisotopic (exact) mass is 671 g/mol. The van der Waals surface area contributed by atoms with Crippen LogP contribution in [-0.2, 0) is 32.6 Å². The van der Waals surface area contributed by atoms with E-state index in [9.17, 15) is 18.0 Å². The van der Waals surface area contributed by atoms with Gasteiger partial charge in [-0.2, -0.15) is 0 Å². The van der Waals surface area contributed by atoms with Crippen LogP contribution < -0.4 is 9.62 Å². The molecule has 1 atom stereocenters. The topological polar surface area (TPSA) is 86.8 Å². The highest BCUT2D eigenvalue weighted by atomic mass is 35.5. The number of hydrogen-bond acceptors (Lipinski definition) is 4. The summed E-state index contributed by atoms with van der Waals surface area (Å²) in [5.41, 5.74) is 3.93. The Hall–Kier alpha value is -4.14. The van der Waals surface area contributed by atoms with Gasteiger partial charge in [0, 0.05) is 24.0 Å². The van der Waals surface area contributed by atoms with Crippen LogP contribution >= 0.6 is 11.6 Å². The fourth-order valence-electron chi connectivity index (χ4n) is 6.10. The number of benzene rings is 4. The van der Waals surface area contributed by atoms with Crippen LogP contribution in [0.1, 0.15) is 54.4 Å². The van der Waals surface area contributed by atoms with Crippen molar-refractivity contribution in [1.29, 1.82) is 0 Å². The first-order chi connectivity index (χ1) is 22.6. The molecule has 0 saturated heterocycles. The molecule has 7 nitrogen and oxygen atoms in total. The molecule has 9 heteroatoms. The minimum atomic E-state index is -4.20. The number of carbonyl (C=O) groups excluding carboxylic acids is 2. The Bertz CT molecular complexity index is 1770. The van der Waals surface area contributed by atoms with Gasteiger partial charge in [0.15, 0.2) is 0 Å². The van der Waals surface area contributed by atoms with Crippen LogP contribution in [-0.4, -0.2) is 43.8 Å². The van der Waals surface area contributed by atoms with Crippen molar-refractivity contribution in [3.63, 3.8) is 0 Å². The molecule has 0 radical (unpaired) electrons. The molecule has 5 rings (SSSR count). The lowest BCUT2D eigenvalue weighted by atomic mass is 9.94. The smallest absolute Gasteiger partial charge is 0.264 e. The third-order valence-electron chi connectivity index (χ3n) is 8.64. The van der Waals surface area contributed by atoms with Crippen molar-refractivity contribution in [1.82, 2.24) is 10.2 Å². The first-order valence-electron chi connectivity index (χ1n) is 16.1. The summed E-state index contributed by atoms with van der Waals surface area (Å²) in [7, 11) is -4.20. The van der Waals surface area contributed by atoms with E-state index in [1.807, 2.05) is 68.4 Å². The predicted molar refractivity (Wildman–Crippen MR) is 188 cm³/mol. The fraction of sp³-hybridized carbons (Fsp3) is 0.316. The number of nitrogens with one attached hydrogen (secondary N) is 1. The van der Waals surface area contributed by atoms with Crippen molar-refractivity contribution in [2.45, 2.75) is 75.9 Å². The minimum absolute atomic E-state index is 0.0373. The first-order valence-corrected chi connectivity index (χ1v) is 18.0. The number of carbonyl (C=O) groups is 2. The molecule has 1 N–H and O–H groups in total. The highest BCUT2D eigenvalue weighted by Crippen LogP contribution is 2.28. The van der Waals surface area contributed by atoms with Crippen molar-refractivity contribution in [3.8, 4) is 0 Å². The molecule has 1 aliphatic carbocycles. The minimum Gasteiger partial charge on any atom is -0.352 e. The molecule has 0 aromatic heterocycles. The van der Waals surface area contributed by atoms with Crippen LogP contribution in [0.2, 0.25) is 5.02 Å². The second-order valence-electron chi connectivity index (χ2n) is 12.4. The number of halogens is 1. The summed E-state index contributed by atoms with van der Waals surface area (Å²) in [5.74, 6) is -0.737. The third kappa shape index (κ3) is 9.02. The van der Waals surface area contributed by atoms with Gasteiger partial charge in [-0.3, -0.25) is 13.9 Å². The summed E-state index contributed by atoms with van der Waals surface area (Å²) >= 11 is 6.33. The van der Waals surface area contributed by atoms with Gasteiger partial charge in [0.25, 0.3) is 10.0 Å². The van der Waals surface area contributed by atoms with E-state index in [-0.39, 0.29) is 35.5 Å². The number of hydrogen-bond donors (Lipinski definition) is 1. The maximum atomic E-state index is 14.7. The zero-order valence-corrected chi connectivity index (χ0v) is 28.5. The normalized spacial score (nSPS) is 14.3. The summed E-state index contributed by atoms with van der Waals surface area (Å²) < 4.78 is 29.5. The number of amides is 2. The quantitative estimate of drug-likeness (QED) is 0.172. The van der Waals surface area contributed by atoms with Crippen molar-refractivity contribution in [2.75, 3.05) is 10.8 Å². The Morgan fingerprint density at radius 2 is 1.49 bits per heavy atom. The zero-order valence-electron chi connectivity index (χ0n) is 26.9. The Balaban J connectivity index is 1.56. The summed E-state index contributed by atoms with van der Waals surface area (Å²) in [4.78, 5) is 30.5. The molecule has 1 aliphatic rings. The van der Waals surface area contributed by atoms with Crippen LogP contribution in [0.25, 0.3) is 0 Å². The highest BCUT2D eigenvalue weighted by molar-refractivity contribution is 7.92. The van der Waals surface area contributed by atoms with Crippen LogP contribution in [0, 0.1) is 13.8 Å². The van der Waals surface area contributed by atoms with E-state index in [1.165, 1.54) is 18.2 Å². The fourth-order valence-corrected chi connectivity index (χ4v) is 7.69. The Morgan fingerprint density at radius 1 is 0.809 bits per heavy atom. The SMILES string of the molecule is Cc1ccc(S(=O)(=O)N(CC(=O)N(Cc2cccc(C)c2)[C@@H](Cc2ccccc2)C(=O)NC2CCCCC2)c2cccc(Cl)c2)cc1. The highest BCUT2D eigenvalue weighted by Gasteiger charge is 2.35. The van der Waals surface area contributed by atoms with Crippen molar-refractivity contribution < 1.29 is 18.0 Å². The standard InChI is InChI=1S/C38H42ClN3O4S/c1-28-19-21-35(22-20-28)47(45,46)42(34-18-10-15-32(39)25-34)27-37(43)41(26-31-14-9-11-29(2)23-31)36(24-30-12-5-3-6-13-30)38(44)40-33-16-7-4-8-17-33/h3,5-6,9-15,18-23,25,33,36H,4,7-8,16-17,24,26-27H2,1-2H3,(H,40,44)/t36-/m0/s1. The van der Waals surface area contributed by atoms with E-state index in [1.54, 1.807) is 35.2 Å². The second-order valence-corrected chi connectivity index (χ2v) is 14.7. The van der Waals surface area contributed by atoms with Gasteiger partial charge in [-0.05, 0) is 68.1 Å². The summed E-state index contributed by atoms with van der Waals surface area (Å²) in [6.45, 7) is 3.46. The predicted octanol–water partition coefficient (Wildman–Crippen LogP) is 7.24. The van der Waals surface area contributed by atoms with Crippen LogP contribution in [0.5, 0.6) is 0 Å². The Morgan fingerprint density at radius 3 is 2.17 bits per heavy atom. The zero-order chi connectivity index (χ0) is 33.4. The lowest BCUT2D eigenvalue weighted by molar-refractivity contribution is -0.140. The van der Waals surface area contributed by atoms with E-state index >= 15 is 0 Å². The van der Waals surface area contributed by atoms with Crippen LogP contribution in [0.15, 0.2) is 108 Å². The third-order valence-corrected chi connectivity index (χ3v) is 10.7. The molecule has 0 unspecified atom stereocenters. The molecule has 0 aliphatic heterocycles. The molecule has 4 aromatic rings.